The molecular formula is C15H21N5O. The van der Waals surface area contributed by atoms with Crippen LogP contribution >= 0.6 is 0 Å². The first-order valence-corrected chi connectivity index (χ1v) is 6.86. The average molecular weight is 287 g/mol. The predicted octanol–water partition coefficient (Wildman–Crippen LogP) is 0.838. The van der Waals surface area contributed by atoms with Gasteiger partial charge in [0.1, 0.15) is 5.69 Å². The van der Waals surface area contributed by atoms with E-state index in [1.165, 1.54) is 0 Å². The normalized spacial score (nSPS) is 10.4. The molecule has 0 spiro atoms. The molecule has 1 aromatic carbocycles. The molecule has 0 fully saturated rings. The van der Waals surface area contributed by atoms with Gasteiger partial charge in [0.2, 0.25) is 0 Å². The molecule has 0 saturated heterocycles. The molecule has 2 aromatic rings. The van der Waals surface area contributed by atoms with Crippen molar-refractivity contribution in [2.24, 2.45) is 5.73 Å². The number of aromatic nitrogens is 2. The third kappa shape index (κ3) is 4.06. The van der Waals surface area contributed by atoms with Gasteiger partial charge in [-0.1, -0.05) is 12.1 Å². The Kier molecular flexibility index (Phi) is 4.94. The molecule has 112 valence electrons. The van der Waals surface area contributed by atoms with Crippen LogP contribution in [-0.2, 0) is 13.1 Å². The lowest BCUT2D eigenvalue weighted by molar-refractivity contribution is 0.0946. The molecule has 1 amide bonds. The Balaban J connectivity index is 1.90. The zero-order chi connectivity index (χ0) is 15.2. The molecular weight excluding hydrogens is 266 g/mol. The second-order valence-electron chi connectivity index (χ2n) is 5.03. The molecule has 0 atom stereocenters. The molecule has 1 heterocycles. The van der Waals surface area contributed by atoms with Gasteiger partial charge in [-0.05, 0) is 17.7 Å². The van der Waals surface area contributed by atoms with Gasteiger partial charge in [-0.25, -0.2) is 4.98 Å². The van der Waals surface area contributed by atoms with Crippen molar-refractivity contribution in [3.63, 3.8) is 0 Å². The summed E-state index contributed by atoms with van der Waals surface area (Å²) in [5.41, 5.74) is 8.05. The van der Waals surface area contributed by atoms with E-state index in [0.29, 0.717) is 25.3 Å². The second-order valence-corrected chi connectivity index (χ2v) is 5.03. The van der Waals surface area contributed by atoms with Crippen molar-refractivity contribution in [3.05, 3.63) is 48.0 Å². The molecule has 0 aliphatic heterocycles. The van der Waals surface area contributed by atoms with E-state index in [-0.39, 0.29) is 5.91 Å². The van der Waals surface area contributed by atoms with Gasteiger partial charge in [0.05, 0.1) is 6.33 Å². The molecule has 0 bridgehead atoms. The quantitative estimate of drug-likeness (QED) is 0.825. The molecule has 0 saturated carbocycles. The average Bonchev–Trinajstić information content (AvgIpc) is 2.94. The van der Waals surface area contributed by atoms with Gasteiger partial charge in [-0.15, -0.1) is 0 Å². The van der Waals surface area contributed by atoms with Gasteiger partial charge in [0, 0.05) is 45.6 Å². The number of rotatable bonds is 6. The number of carbonyl (C=O) groups excluding carboxylic acids is 1. The Morgan fingerprint density at radius 2 is 2.05 bits per heavy atom. The topological polar surface area (TPSA) is 76.2 Å². The monoisotopic (exact) mass is 287 g/mol. The number of hydrogen-bond donors (Lipinski definition) is 2. The van der Waals surface area contributed by atoms with Crippen LogP contribution in [0.4, 0.5) is 5.69 Å². The summed E-state index contributed by atoms with van der Waals surface area (Å²) in [6.07, 6.45) is 3.32. The Morgan fingerprint density at radius 3 is 2.67 bits per heavy atom. The SMILES string of the molecule is CN(C)c1ccc(CNC(=O)c2cn(CCN)cn2)cc1. The van der Waals surface area contributed by atoms with Crippen LogP contribution < -0.4 is 16.0 Å². The smallest absolute Gasteiger partial charge is 0.271 e. The minimum Gasteiger partial charge on any atom is -0.378 e. The van der Waals surface area contributed by atoms with Gasteiger partial charge in [-0.3, -0.25) is 4.79 Å². The number of carbonyl (C=O) groups is 1. The maximum absolute atomic E-state index is 12.0. The molecule has 1 aromatic heterocycles. The zero-order valence-corrected chi connectivity index (χ0v) is 12.4. The van der Waals surface area contributed by atoms with Crippen molar-refractivity contribution >= 4 is 11.6 Å². The fourth-order valence-corrected chi connectivity index (χ4v) is 1.93. The summed E-state index contributed by atoms with van der Waals surface area (Å²) in [5.74, 6) is -0.178. The largest absolute Gasteiger partial charge is 0.378 e. The van der Waals surface area contributed by atoms with E-state index in [1.54, 1.807) is 17.1 Å². The first-order chi connectivity index (χ1) is 10.1. The Morgan fingerprint density at radius 1 is 1.33 bits per heavy atom. The number of benzene rings is 1. The summed E-state index contributed by atoms with van der Waals surface area (Å²) < 4.78 is 1.81. The first kappa shape index (κ1) is 15.1. The first-order valence-electron chi connectivity index (χ1n) is 6.86. The van der Waals surface area contributed by atoms with Crippen molar-refractivity contribution in [2.75, 3.05) is 25.5 Å². The molecule has 21 heavy (non-hydrogen) atoms. The summed E-state index contributed by atoms with van der Waals surface area (Å²) in [6, 6.07) is 8.06. The van der Waals surface area contributed by atoms with E-state index < -0.39 is 0 Å². The Labute approximate surface area is 124 Å². The molecule has 3 N–H and O–H groups in total. The number of hydrogen-bond acceptors (Lipinski definition) is 4. The van der Waals surface area contributed by atoms with Gasteiger partial charge < -0.3 is 20.5 Å². The summed E-state index contributed by atoms with van der Waals surface area (Å²) in [5, 5.41) is 2.86. The maximum atomic E-state index is 12.0. The highest BCUT2D eigenvalue weighted by molar-refractivity contribution is 5.91. The van der Waals surface area contributed by atoms with Crippen molar-refractivity contribution in [3.8, 4) is 0 Å². The third-order valence-electron chi connectivity index (χ3n) is 3.16. The molecule has 2 rings (SSSR count). The zero-order valence-electron chi connectivity index (χ0n) is 12.4. The Bertz CT molecular complexity index is 588. The van der Waals surface area contributed by atoms with Crippen LogP contribution in [0.5, 0.6) is 0 Å². The van der Waals surface area contributed by atoms with Crippen LogP contribution in [0.3, 0.4) is 0 Å². The van der Waals surface area contributed by atoms with Gasteiger partial charge in [0.25, 0.3) is 5.91 Å². The molecule has 0 aliphatic carbocycles. The van der Waals surface area contributed by atoms with Crippen LogP contribution in [0.25, 0.3) is 0 Å². The number of anilines is 1. The summed E-state index contributed by atoms with van der Waals surface area (Å²) in [6.45, 7) is 1.66. The molecule has 0 unspecified atom stereocenters. The van der Waals surface area contributed by atoms with Crippen LogP contribution in [0, 0.1) is 0 Å². The van der Waals surface area contributed by atoms with Crippen molar-refractivity contribution in [2.45, 2.75) is 13.1 Å². The minimum atomic E-state index is -0.178. The highest BCUT2D eigenvalue weighted by Crippen LogP contribution is 2.12. The lowest BCUT2D eigenvalue weighted by atomic mass is 10.2. The van der Waals surface area contributed by atoms with Crippen molar-refractivity contribution in [1.29, 1.82) is 0 Å². The van der Waals surface area contributed by atoms with E-state index in [9.17, 15) is 4.79 Å². The van der Waals surface area contributed by atoms with E-state index >= 15 is 0 Å². The van der Waals surface area contributed by atoms with Gasteiger partial charge in [-0.2, -0.15) is 0 Å². The van der Waals surface area contributed by atoms with E-state index in [4.69, 9.17) is 5.73 Å². The molecule has 0 aliphatic rings. The van der Waals surface area contributed by atoms with Gasteiger partial charge >= 0.3 is 0 Å². The highest BCUT2D eigenvalue weighted by Gasteiger charge is 2.08. The number of amides is 1. The van der Waals surface area contributed by atoms with E-state index in [1.807, 2.05) is 43.3 Å². The molecule has 6 nitrogen and oxygen atoms in total. The van der Waals surface area contributed by atoms with Crippen molar-refractivity contribution in [1.82, 2.24) is 14.9 Å². The molecule has 0 radical (unpaired) electrons. The minimum absolute atomic E-state index is 0.178. The van der Waals surface area contributed by atoms with Gasteiger partial charge in [0.15, 0.2) is 0 Å². The lowest BCUT2D eigenvalue weighted by Crippen LogP contribution is -2.23. The number of nitrogens with two attached hydrogens (primary N) is 1. The number of nitrogens with zero attached hydrogens (tertiary/aromatic N) is 3. The third-order valence-corrected chi connectivity index (χ3v) is 3.16. The highest BCUT2D eigenvalue weighted by atomic mass is 16.1. The van der Waals surface area contributed by atoms with E-state index in [0.717, 1.165) is 11.3 Å². The summed E-state index contributed by atoms with van der Waals surface area (Å²) >= 11 is 0. The predicted molar refractivity (Wildman–Crippen MR) is 83.2 cm³/mol. The molecule has 6 heteroatoms. The Hall–Kier alpha value is -2.34. The van der Waals surface area contributed by atoms with Crippen LogP contribution in [0.1, 0.15) is 16.1 Å². The van der Waals surface area contributed by atoms with Crippen LogP contribution in [-0.4, -0.2) is 36.1 Å². The van der Waals surface area contributed by atoms with Crippen LogP contribution in [0.2, 0.25) is 0 Å². The fourth-order valence-electron chi connectivity index (χ4n) is 1.93. The summed E-state index contributed by atoms with van der Waals surface area (Å²) in [4.78, 5) is 18.1. The number of nitrogens with one attached hydrogen (secondary N) is 1. The number of imidazole rings is 1. The standard InChI is InChI=1S/C15H21N5O/c1-19(2)13-5-3-12(4-6-13)9-17-15(21)14-10-20(8-7-16)11-18-14/h3-6,10-11H,7-9,16H2,1-2H3,(H,17,21). The second kappa shape index (κ2) is 6.90. The van der Waals surface area contributed by atoms with Crippen LogP contribution in [0.15, 0.2) is 36.8 Å². The maximum Gasteiger partial charge on any atom is 0.271 e. The fraction of sp³-hybridized carbons (Fsp3) is 0.333. The van der Waals surface area contributed by atoms with E-state index in [2.05, 4.69) is 10.3 Å². The van der Waals surface area contributed by atoms with Crippen molar-refractivity contribution < 1.29 is 4.79 Å². The summed E-state index contributed by atoms with van der Waals surface area (Å²) in [7, 11) is 3.99. The lowest BCUT2D eigenvalue weighted by Gasteiger charge is -2.12.